The lowest BCUT2D eigenvalue weighted by atomic mass is 9.88. The van der Waals surface area contributed by atoms with Crippen LogP contribution in [0.15, 0.2) is 365 Å². The third kappa shape index (κ3) is 11.3. The molecule has 12 nitrogen and oxygen atoms in total. The van der Waals surface area contributed by atoms with Crippen LogP contribution in [0.25, 0.3) is 242 Å². The Bertz CT molecular complexity index is 8220. The van der Waals surface area contributed by atoms with Gasteiger partial charge in [-0.25, -0.2) is 29.9 Å². The van der Waals surface area contributed by atoms with Gasteiger partial charge in [0.2, 0.25) is 0 Å². The second-order valence-electron chi connectivity index (χ2n) is 29.5. The zero-order valence-corrected chi connectivity index (χ0v) is 62.0. The largest absolute Gasteiger partial charge is 0.254 e. The van der Waals surface area contributed by atoms with Gasteiger partial charge in [-0.15, -0.1) is 0 Å². The molecule has 12 aromatic heterocycles. The van der Waals surface area contributed by atoms with Gasteiger partial charge < -0.3 is 0 Å². The number of hydrogen-bond acceptors (Lipinski definition) is 12. The summed E-state index contributed by atoms with van der Waals surface area (Å²) < 4.78 is 0. The van der Waals surface area contributed by atoms with E-state index in [-0.39, 0.29) is 0 Å². The fraction of sp³-hybridized carbons (Fsp3) is 0. The summed E-state index contributed by atoms with van der Waals surface area (Å²) >= 11 is 0. The van der Waals surface area contributed by atoms with E-state index in [9.17, 15) is 0 Å². The van der Waals surface area contributed by atoms with Crippen molar-refractivity contribution in [2.75, 3.05) is 0 Å². The van der Waals surface area contributed by atoms with Crippen LogP contribution in [0.4, 0.5) is 0 Å². The van der Waals surface area contributed by atoms with Crippen molar-refractivity contribution in [1.82, 2.24) is 59.8 Å². The summed E-state index contributed by atoms with van der Waals surface area (Å²) in [4.78, 5) is 59.0. The number of nitrogens with zero attached hydrogens (tertiary/aromatic N) is 12. The van der Waals surface area contributed by atoms with Gasteiger partial charge in [0.25, 0.3) is 0 Å². The Morgan fingerprint density at radius 2 is 0.431 bits per heavy atom. The highest BCUT2D eigenvalue weighted by atomic mass is 14.8. The average molecular weight is 1480 g/mol. The minimum atomic E-state index is 0.886. The maximum Gasteiger partial charge on any atom is 0.0972 e. The van der Waals surface area contributed by atoms with E-state index >= 15 is 0 Å². The highest BCUT2D eigenvalue weighted by Crippen LogP contribution is 2.45. The molecule has 0 aliphatic carbocycles. The van der Waals surface area contributed by atoms with Crippen LogP contribution in [0, 0.1) is 0 Å². The molecular weight excluding hydrogens is 1420 g/mol. The van der Waals surface area contributed by atoms with Gasteiger partial charge in [-0.2, -0.15) is 0 Å². The third-order valence-corrected chi connectivity index (χ3v) is 22.7. The van der Waals surface area contributed by atoms with E-state index in [0.29, 0.717) is 0 Å². The highest BCUT2D eigenvalue weighted by molar-refractivity contribution is 6.22. The zero-order valence-electron chi connectivity index (χ0n) is 62.0. The van der Waals surface area contributed by atoms with Crippen LogP contribution in [0.1, 0.15) is 0 Å². The topological polar surface area (TPSA) is 155 Å². The first-order valence-electron chi connectivity index (χ1n) is 38.7. The van der Waals surface area contributed by atoms with E-state index in [0.717, 1.165) is 242 Å². The average Bonchev–Trinajstić information content (AvgIpc) is 0.727. The van der Waals surface area contributed by atoms with Gasteiger partial charge >= 0.3 is 0 Å². The van der Waals surface area contributed by atoms with Crippen LogP contribution >= 0.6 is 0 Å². The van der Waals surface area contributed by atoms with Crippen LogP contribution in [0.3, 0.4) is 0 Å². The molecule has 12 heteroatoms. The Kier molecular flexibility index (Phi) is 15.3. The van der Waals surface area contributed by atoms with Gasteiger partial charge in [0, 0.05) is 135 Å². The predicted molar refractivity (Wildman–Crippen MR) is 475 cm³/mol. The summed E-state index contributed by atoms with van der Waals surface area (Å²) in [5.74, 6) is 0. The molecule has 0 saturated carbocycles. The van der Waals surface area contributed by atoms with E-state index < -0.39 is 0 Å². The van der Waals surface area contributed by atoms with Gasteiger partial charge in [-0.1, -0.05) is 188 Å². The fourth-order valence-electron chi connectivity index (χ4n) is 17.1. The molecule has 0 aliphatic heterocycles. The van der Waals surface area contributed by atoms with Crippen LogP contribution in [-0.2, 0) is 0 Å². The number of aromatic nitrogens is 12. The molecule has 0 atom stereocenters. The summed E-state index contributed by atoms with van der Waals surface area (Å²) in [6, 6.07) is 115. The zero-order chi connectivity index (χ0) is 76.3. The minimum Gasteiger partial charge on any atom is -0.254 e. The highest BCUT2D eigenvalue weighted by Gasteiger charge is 2.22. The summed E-state index contributed by atoms with van der Waals surface area (Å²) in [7, 11) is 0. The molecule has 0 saturated heterocycles. The molecule has 0 unspecified atom stereocenters. The van der Waals surface area contributed by atoms with E-state index in [1.807, 2.05) is 73.6 Å². The summed E-state index contributed by atoms with van der Waals surface area (Å²) in [5.41, 5.74) is 27.4. The van der Waals surface area contributed by atoms with Gasteiger partial charge in [-0.3, -0.25) is 29.9 Å². The van der Waals surface area contributed by atoms with E-state index in [1.54, 1.807) is 0 Å². The van der Waals surface area contributed by atoms with Gasteiger partial charge in [-0.05, 0) is 183 Å². The summed E-state index contributed by atoms with van der Waals surface area (Å²) in [5, 5.41) is 17.4. The smallest absolute Gasteiger partial charge is 0.0972 e. The van der Waals surface area contributed by atoms with E-state index in [2.05, 4.69) is 311 Å². The maximum absolute atomic E-state index is 5.34. The molecule has 0 bridgehead atoms. The second kappa shape index (κ2) is 26.9. The number of benzene rings is 12. The van der Waals surface area contributed by atoms with Gasteiger partial charge in [0.05, 0.1) is 100 Å². The first kappa shape index (κ1) is 65.9. The standard InChI is InChI=1S/C56H32N6.C48H28N6/c1-3-12-42-40(10-1)51(41-11-2-4-13-43(41)52(42)50-25-17-34-16-15-33-8-5-27-57-53(33)55(34)62-50)49-26-21-38-31-36(19-23-47(38)61-49)35-18-22-46-37(30-35)20-24-48(60-46)45-32-39-9-6-28-58-54(39)56-44(45)14-7-29-59-56;1-5-33(27-34(6-1)43-17-12-30-11-10-29-7-2-22-49-45(29)47(30)54-43)40-20-15-35-25-31(13-18-41(35)52-40)32-14-19-42-36(26-32)16-21-44(53-42)39-28-37-8-3-23-50-46(37)48-38(39)9-4-24-51-48/h1-32H;1-28H. The first-order chi connectivity index (χ1) is 57.4. The van der Waals surface area contributed by atoms with Crippen molar-refractivity contribution in [3.05, 3.63) is 365 Å². The molecule has 24 aromatic rings. The Labute approximate surface area is 662 Å². The maximum atomic E-state index is 5.34. The second-order valence-corrected chi connectivity index (χ2v) is 29.5. The first-order valence-corrected chi connectivity index (χ1v) is 38.7. The molecule has 116 heavy (non-hydrogen) atoms. The quantitative estimate of drug-likeness (QED) is 0.105. The SMILES string of the molecule is c1cc(-c2ccc3cc(-c4ccc5nc(-c6cc7cccnc7c7ncccc67)ccc5c4)ccc3n2)cc(-c2ccc3ccc4cccnc4c3n2)c1.c1cnc2c(c1)ccc1ccc(-c3c4ccccc4c(-c4ccc5cc(-c6ccc7nc(-c8cc9cccnc9c9ncccc89)ccc7c6)ccc5n4)c4ccccc34)nc12. The molecular formula is C104H60N12. The molecule has 0 spiro atoms. The Morgan fingerprint density at radius 1 is 0.147 bits per heavy atom. The van der Waals surface area contributed by atoms with Crippen LogP contribution in [0.5, 0.6) is 0 Å². The Balaban J connectivity index is 0.000000138. The van der Waals surface area contributed by atoms with Crippen molar-refractivity contribution < 1.29 is 0 Å². The van der Waals surface area contributed by atoms with Crippen molar-refractivity contribution in [3.63, 3.8) is 0 Å². The molecule has 0 fully saturated rings. The fourth-order valence-corrected chi connectivity index (χ4v) is 17.1. The number of pyridine rings is 12. The normalized spacial score (nSPS) is 11.8. The molecule has 0 radical (unpaired) electrons. The predicted octanol–water partition coefficient (Wildman–Crippen LogP) is 25.6. The molecule has 0 aliphatic rings. The van der Waals surface area contributed by atoms with Crippen molar-refractivity contribution in [3.8, 4) is 89.8 Å². The lowest BCUT2D eigenvalue weighted by molar-refractivity contribution is 1.36. The van der Waals surface area contributed by atoms with Crippen LogP contribution < -0.4 is 0 Å². The van der Waals surface area contributed by atoms with E-state index in [4.69, 9.17) is 39.9 Å². The van der Waals surface area contributed by atoms with Crippen molar-refractivity contribution in [2.24, 2.45) is 0 Å². The van der Waals surface area contributed by atoms with Crippen molar-refractivity contribution >= 4 is 152 Å². The van der Waals surface area contributed by atoms with Crippen LogP contribution in [0.2, 0.25) is 0 Å². The monoisotopic (exact) mass is 1480 g/mol. The summed E-state index contributed by atoms with van der Waals surface area (Å²) in [6.45, 7) is 0. The molecule has 0 amide bonds. The molecule has 24 rings (SSSR count). The lowest BCUT2D eigenvalue weighted by Crippen LogP contribution is -1.95. The Hall–Kier alpha value is -15.9. The molecule has 12 heterocycles. The van der Waals surface area contributed by atoms with Crippen LogP contribution in [-0.4, -0.2) is 59.8 Å². The molecule has 0 N–H and O–H groups in total. The number of fused-ring (bicyclic) bond motifs is 18. The van der Waals surface area contributed by atoms with Gasteiger partial charge in [0.15, 0.2) is 0 Å². The van der Waals surface area contributed by atoms with Crippen molar-refractivity contribution in [1.29, 1.82) is 0 Å². The van der Waals surface area contributed by atoms with E-state index in [1.165, 1.54) is 0 Å². The minimum absolute atomic E-state index is 0.886. The van der Waals surface area contributed by atoms with Gasteiger partial charge in [0.1, 0.15) is 0 Å². The Morgan fingerprint density at radius 3 is 0.845 bits per heavy atom. The number of rotatable bonds is 8. The molecule has 12 aromatic carbocycles. The summed E-state index contributed by atoms with van der Waals surface area (Å²) in [6.07, 6.45) is 10.9. The third-order valence-electron chi connectivity index (χ3n) is 22.7. The molecule has 536 valence electrons. The number of hydrogen-bond donors (Lipinski definition) is 0. The van der Waals surface area contributed by atoms with Crippen molar-refractivity contribution in [2.45, 2.75) is 0 Å². The lowest BCUT2D eigenvalue weighted by Gasteiger charge is -2.17.